The van der Waals surface area contributed by atoms with E-state index < -0.39 is 49.2 Å². The normalized spacial score (nSPS) is 10.5. The molecule has 0 aromatic carbocycles. The molecule has 12 nitrogen and oxygen atoms in total. The highest BCUT2D eigenvalue weighted by atomic mass is 16.6. The van der Waals surface area contributed by atoms with E-state index in [2.05, 4.69) is 10.6 Å². The Morgan fingerprint density at radius 2 is 1.36 bits per heavy atom. The molecule has 0 saturated heterocycles. The van der Waals surface area contributed by atoms with Crippen LogP contribution in [0.1, 0.15) is 12.8 Å². The number of amides is 4. The van der Waals surface area contributed by atoms with Crippen molar-refractivity contribution >= 4 is 23.6 Å². The van der Waals surface area contributed by atoms with Crippen molar-refractivity contribution in [2.75, 3.05) is 20.4 Å². The summed E-state index contributed by atoms with van der Waals surface area (Å²) in [5, 5.41) is 28.8. The molecular weight excluding hydrogens is 300 g/mol. The van der Waals surface area contributed by atoms with Gasteiger partial charge in [-0.1, -0.05) is 0 Å². The molecule has 0 rings (SSSR count). The minimum atomic E-state index is -3.11. The molecule has 0 aromatic heterocycles. The van der Waals surface area contributed by atoms with Crippen LogP contribution in [0.15, 0.2) is 0 Å². The predicted octanol–water partition coefficient (Wildman–Crippen LogP) is -4.76. The summed E-state index contributed by atoms with van der Waals surface area (Å²) in [6, 6.07) is -3.11. The summed E-state index contributed by atoms with van der Waals surface area (Å²) in [7, 11) is 1.57. The van der Waals surface area contributed by atoms with Crippen molar-refractivity contribution in [3.8, 4) is 0 Å². The van der Waals surface area contributed by atoms with Gasteiger partial charge in [0, 0.05) is 0 Å². The minimum Gasteiger partial charge on any atom is -0.343 e. The average molecular weight is 319 g/mol. The second-order valence-corrected chi connectivity index (χ2v) is 4.03. The number of carbonyl (C=O) groups is 4. The smallest absolute Gasteiger partial charge is 0.337 e. The SMILES string of the molecule is CNCNC(=O)CC(=O)NC(O)(O)NC(=O)CC(=O)NC[NH]. The van der Waals surface area contributed by atoms with Crippen molar-refractivity contribution in [2.45, 2.75) is 18.9 Å². The topological polar surface area (TPSA) is 193 Å². The van der Waals surface area contributed by atoms with E-state index in [0.717, 1.165) is 0 Å². The Hall–Kier alpha value is -2.28. The molecule has 125 valence electrons. The van der Waals surface area contributed by atoms with Crippen LogP contribution in [-0.2, 0) is 19.2 Å². The number of hydrogen-bond donors (Lipinski definition) is 7. The van der Waals surface area contributed by atoms with Crippen LogP contribution < -0.4 is 32.3 Å². The van der Waals surface area contributed by atoms with Crippen LogP contribution in [0.3, 0.4) is 0 Å². The van der Waals surface area contributed by atoms with Crippen molar-refractivity contribution in [1.29, 1.82) is 0 Å². The predicted molar refractivity (Wildman–Crippen MR) is 70.9 cm³/mol. The first-order valence-corrected chi connectivity index (χ1v) is 6.09. The van der Waals surface area contributed by atoms with Crippen LogP contribution in [-0.4, -0.2) is 60.3 Å². The van der Waals surface area contributed by atoms with Gasteiger partial charge in [0.2, 0.25) is 23.6 Å². The van der Waals surface area contributed by atoms with Gasteiger partial charge < -0.3 is 26.2 Å². The molecule has 0 bridgehead atoms. The molecule has 8 N–H and O–H groups in total. The van der Waals surface area contributed by atoms with Crippen LogP contribution >= 0.6 is 0 Å². The van der Waals surface area contributed by atoms with Crippen LogP contribution in [0.4, 0.5) is 0 Å². The second-order valence-electron chi connectivity index (χ2n) is 4.03. The third kappa shape index (κ3) is 9.60. The second kappa shape index (κ2) is 9.62. The summed E-state index contributed by atoms with van der Waals surface area (Å²) in [5.41, 5.74) is 6.70. The molecule has 12 heteroatoms. The van der Waals surface area contributed by atoms with E-state index in [4.69, 9.17) is 5.73 Å². The van der Waals surface area contributed by atoms with Crippen LogP contribution in [0.25, 0.3) is 0 Å². The first kappa shape index (κ1) is 19.7. The fourth-order valence-electron chi connectivity index (χ4n) is 1.21. The van der Waals surface area contributed by atoms with Gasteiger partial charge in [-0.2, -0.15) is 0 Å². The molecule has 0 unspecified atom stereocenters. The van der Waals surface area contributed by atoms with E-state index in [0.29, 0.717) is 0 Å². The Balaban J connectivity index is 4.26. The lowest BCUT2D eigenvalue weighted by Crippen LogP contribution is -2.61. The van der Waals surface area contributed by atoms with Gasteiger partial charge in [0.25, 0.3) is 0 Å². The highest BCUT2D eigenvalue weighted by Crippen LogP contribution is 1.93. The van der Waals surface area contributed by atoms with E-state index >= 15 is 0 Å². The van der Waals surface area contributed by atoms with E-state index in [1.165, 1.54) is 0 Å². The molecule has 0 aliphatic rings. The summed E-state index contributed by atoms with van der Waals surface area (Å²) in [6.07, 6.45) is -1.46. The van der Waals surface area contributed by atoms with E-state index in [-0.39, 0.29) is 6.67 Å². The number of carbonyl (C=O) groups excluding carboxylic acids is 4. The molecule has 0 fully saturated rings. The monoisotopic (exact) mass is 319 g/mol. The summed E-state index contributed by atoms with van der Waals surface area (Å²) in [6.45, 7) is -0.314. The lowest BCUT2D eigenvalue weighted by molar-refractivity contribution is -0.209. The first-order valence-electron chi connectivity index (χ1n) is 6.09. The standard InChI is InChI=1S/C10H19N6O6/c1-12-5-14-7(18)3-9(20)16-10(21,22)15-8(19)2-6(17)13-4-11/h11-12,21-22H,2-5H2,1H3,(H,13,17)(H,14,18)(H,15,19)(H,16,20). The summed E-state index contributed by atoms with van der Waals surface area (Å²) >= 11 is 0. The van der Waals surface area contributed by atoms with Crippen molar-refractivity contribution in [1.82, 2.24) is 32.3 Å². The van der Waals surface area contributed by atoms with Crippen molar-refractivity contribution in [3.05, 3.63) is 0 Å². The maximum Gasteiger partial charge on any atom is 0.337 e. The van der Waals surface area contributed by atoms with Gasteiger partial charge in [0.05, 0.1) is 13.3 Å². The Labute approximate surface area is 125 Å². The highest BCUT2D eigenvalue weighted by molar-refractivity contribution is 5.98. The van der Waals surface area contributed by atoms with Crippen LogP contribution in [0, 0.1) is 0 Å². The largest absolute Gasteiger partial charge is 0.343 e. The molecule has 0 atom stereocenters. The minimum absolute atomic E-state index is 0.122. The molecule has 0 aromatic rings. The molecule has 0 heterocycles. The van der Waals surface area contributed by atoms with E-state index in [1.54, 1.807) is 17.7 Å². The summed E-state index contributed by atoms with van der Waals surface area (Å²) < 4.78 is 0. The molecule has 0 aliphatic carbocycles. The quantitative estimate of drug-likeness (QED) is 0.164. The maximum atomic E-state index is 11.4. The molecule has 1 radical (unpaired) electrons. The van der Waals surface area contributed by atoms with Gasteiger partial charge in [-0.25, -0.2) is 5.73 Å². The fourth-order valence-corrected chi connectivity index (χ4v) is 1.21. The molecule has 4 amide bonds. The van der Waals surface area contributed by atoms with Gasteiger partial charge in [-0.05, 0) is 7.05 Å². The molecular formula is C10H19N6O6. The van der Waals surface area contributed by atoms with Gasteiger partial charge >= 0.3 is 6.03 Å². The molecule has 0 aliphatic heterocycles. The van der Waals surface area contributed by atoms with Crippen molar-refractivity contribution in [3.63, 3.8) is 0 Å². The van der Waals surface area contributed by atoms with Crippen molar-refractivity contribution in [2.24, 2.45) is 0 Å². The van der Waals surface area contributed by atoms with Gasteiger partial charge in [-0.3, -0.25) is 29.8 Å². The summed E-state index contributed by atoms with van der Waals surface area (Å²) in [4.78, 5) is 44.9. The van der Waals surface area contributed by atoms with E-state index in [9.17, 15) is 29.4 Å². The number of rotatable bonds is 9. The number of aliphatic hydroxyl groups is 2. The fraction of sp³-hybridized carbons (Fsp3) is 0.600. The van der Waals surface area contributed by atoms with Crippen LogP contribution in [0.5, 0.6) is 0 Å². The van der Waals surface area contributed by atoms with Gasteiger partial charge in [-0.15, -0.1) is 0 Å². The first-order chi connectivity index (χ1) is 10.2. The number of nitrogens with one attached hydrogen (secondary N) is 6. The lowest BCUT2D eigenvalue weighted by Gasteiger charge is -2.23. The third-order valence-corrected chi connectivity index (χ3v) is 2.02. The Morgan fingerprint density at radius 1 is 0.909 bits per heavy atom. The van der Waals surface area contributed by atoms with Gasteiger partial charge in [0.15, 0.2) is 0 Å². The van der Waals surface area contributed by atoms with Gasteiger partial charge in [0.1, 0.15) is 12.8 Å². The maximum absolute atomic E-state index is 11.4. The Morgan fingerprint density at radius 3 is 1.77 bits per heavy atom. The zero-order chi connectivity index (χ0) is 17.2. The summed E-state index contributed by atoms with van der Waals surface area (Å²) in [5.74, 6) is -3.64. The van der Waals surface area contributed by atoms with E-state index in [1.807, 2.05) is 5.32 Å². The van der Waals surface area contributed by atoms with Crippen LogP contribution in [0.2, 0.25) is 0 Å². The molecule has 0 spiro atoms. The zero-order valence-electron chi connectivity index (χ0n) is 11.9. The number of hydrogen-bond acceptors (Lipinski definition) is 7. The third-order valence-electron chi connectivity index (χ3n) is 2.02. The lowest BCUT2D eigenvalue weighted by atomic mass is 10.3. The average Bonchev–Trinajstić information content (AvgIpc) is 2.34. The molecule has 22 heavy (non-hydrogen) atoms. The molecule has 0 saturated carbocycles. The Kier molecular flexibility index (Phi) is 8.62. The van der Waals surface area contributed by atoms with Crippen molar-refractivity contribution < 1.29 is 29.4 Å². The zero-order valence-corrected chi connectivity index (χ0v) is 11.9. The Bertz CT molecular complexity index is 426. The highest BCUT2D eigenvalue weighted by Gasteiger charge is 2.29.